The van der Waals surface area contributed by atoms with E-state index < -0.39 is 21.3 Å². The van der Waals surface area contributed by atoms with Crippen LogP contribution < -0.4 is 9.62 Å². The monoisotopic (exact) mass is 340 g/mol. The highest BCUT2D eigenvalue weighted by atomic mass is 32.2. The van der Waals surface area contributed by atoms with Crippen LogP contribution >= 0.6 is 0 Å². The van der Waals surface area contributed by atoms with Crippen LogP contribution in [0.25, 0.3) is 0 Å². The van der Waals surface area contributed by atoms with Gasteiger partial charge >= 0.3 is 0 Å². The maximum Gasteiger partial charge on any atom is 0.251 e. The molecule has 8 heteroatoms. The summed E-state index contributed by atoms with van der Waals surface area (Å²) >= 11 is 0. The first-order valence-corrected chi connectivity index (χ1v) is 8.74. The third kappa shape index (κ3) is 3.53. The molecule has 0 spiro atoms. The normalized spacial score (nSPS) is 18.9. The van der Waals surface area contributed by atoms with Gasteiger partial charge in [0.1, 0.15) is 0 Å². The van der Waals surface area contributed by atoms with E-state index >= 15 is 0 Å². The van der Waals surface area contributed by atoms with Crippen LogP contribution in [0.5, 0.6) is 0 Å². The minimum absolute atomic E-state index is 0.224. The van der Waals surface area contributed by atoms with Gasteiger partial charge in [0.05, 0.1) is 23.5 Å². The lowest BCUT2D eigenvalue weighted by atomic mass is 9.95. The zero-order valence-corrected chi connectivity index (χ0v) is 14.1. The summed E-state index contributed by atoms with van der Waals surface area (Å²) in [5.41, 5.74) is -0.322. The van der Waals surface area contributed by atoms with E-state index in [0.717, 1.165) is 4.31 Å². The van der Waals surface area contributed by atoms with Crippen molar-refractivity contribution in [2.24, 2.45) is 5.41 Å². The third-order valence-electron chi connectivity index (χ3n) is 3.54. The van der Waals surface area contributed by atoms with Crippen molar-refractivity contribution in [1.29, 1.82) is 0 Å². The molecule has 23 heavy (non-hydrogen) atoms. The van der Waals surface area contributed by atoms with Crippen molar-refractivity contribution in [1.82, 2.24) is 5.32 Å². The minimum Gasteiger partial charge on any atom is -0.383 e. The molecule has 1 heterocycles. The molecule has 0 aliphatic carbocycles. The molecule has 0 radical (unpaired) electrons. The van der Waals surface area contributed by atoms with Gasteiger partial charge < -0.3 is 10.1 Å². The molecule has 0 saturated carbocycles. The lowest BCUT2D eigenvalue weighted by molar-refractivity contribution is -0.123. The smallest absolute Gasteiger partial charge is 0.251 e. The van der Waals surface area contributed by atoms with Crippen molar-refractivity contribution < 1.29 is 22.7 Å². The summed E-state index contributed by atoms with van der Waals surface area (Å²) in [4.78, 5) is 24.2. The van der Waals surface area contributed by atoms with Crippen molar-refractivity contribution in [2.45, 2.75) is 13.8 Å². The Bertz CT molecular complexity index is 710. The number of methoxy groups -OCH3 is 1. The van der Waals surface area contributed by atoms with E-state index in [-0.39, 0.29) is 17.3 Å². The number of nitrogens with zero attached hydrogens (tertiary/aromatic N) is 1. The second kappa shape index (κ2) is 6.29. The van der Waals surface area contributed by atoms with Gasteiger partial charge in [0.2, 0.25) is 15.9 Å². The van der Waals surface area contributed by atoms with E-state index in [2.05, 4.69) is 5.32 Å². The van der Waals surface area contributed by atoms with Gasteiger partial charge in [0.25, 0.3) is 5.91 Å². The van der Waals surface area contributed by atoms with Gasteiger partial charge in [-0.2, -0.15) is 0 Å². The van der Waals surface area contributed by atoms with Crippen molar-refractivity contribution in [3.63, 3.8) is 0 Å². The van der Waals surface area contributed by atoms with Crippen LogP contribution in [0.3, 0.4) is 0 Å². The predicted octanol–water partition coefficient (Wildman–Crippen LogP) is 0.765. The summed E-state index contributed by atoms with van der Waals surface area (Å²) in [5.74, 6) is -0.975. The Morgan fingerprint density at radius 1 is 1.30 bits per heavy atom. The molecule has 1 N–H and O–H groups in total. The predicted molar refractivity (Wildman–Crippen MR) is 85.7 cm³/mol. The largest absolute Gasteiger partial charge is 0.383 e. The zero-order valence-electron chi connectivity index (χ0n) is 13.3. The van der Waals surface area contributed by atoms with Gasteiger partial charge in [0, 0.05) is 19.2 Å². The number of carbonyl (C=O) groups is 2. The van der Waals surface area contributed by atoms with Gasteiger partial charge in [0.15, 0.2) is 0 Å². The van der Waals surface area contributed by atoms with Gasteiger partial charge in [-0.25, -0.2) is 12.7 Å². The fraction of sp³-hybridized carbons (Fsp3) is 0.467. The second-order valence-electron chi connectivity index (χ2n) is 6.01. The van der Waals surface area contributed by atoms with Crippen molar-refractivity contribution in [3.8, 4) is 0 Å². The molecule has 0 aromatic heterocycles. The van der Waals surface area contributed by atoms with Crippen LogP contribution in [0.1, 0.15) is 24.2 Å². The number of rotatable bonds is 5. The molecule has 1 saturated heterocycles. The fourth-order valence-electron chi connectivity index (χ4n) is 2.38. The van der Waals surface area contributed by atoms with Crippen LogP contribution in [0.4, 0.5) is 5.69 Å². The van der Waals surface area contributed by atoms with Crippen LogP contribution in [0, 0.1) is 5.41 Å². The molecular weight excluding hydrogens is 320 g/mol. The van der Waals surface area contributed by atoms with Gasteiger partial charge in [-0.1, -0.05) is 0 Å². The van der Waals surface area contributed by atoms with Crippen LogP contribution in [-0.2, 0) is 19.6 Å². The molecule has 1 aliphatic rings. The van der Waals surface area contributed by atoms with E-state index in [4.69, 9.17) is 4.74 Å². The van der Waals surface area contributed by atoms with Gasteiger partial charge in [-0.3, -0.25) is 9.59 Å². The molecule has 1 aromatic carbocycles. The molecule has 2 amide bonds. The fourth-order valence-corrected chi connectivity index (χ4v) is 4.49. The number of benzene rings is 1. The van der Waals surface area contributed by atoms with Gasteiger partial charge in [-0.05, 0) is 38.1 Å². The van der Waals surface area contributed by atoms with E-state index in [1.807, 2.05) is 0 Å². The number of sulfonamides is 1. The molecule has 0 atom stereocenters. The van der Waals surface area contributed by atoms with Gasteiger partial charge in [-0.15, -0.1) is 0 Å². The number of amides is 2. The first kappa shape index (κ1) is 17.4. The standard InChI is InChI=1S/C15H20N2O5S/c1-15(2)10-23(20,21)17(14(15)19)12-6-4-11(5-7-12)13(18)16-8-9-22-3/h4-7H,8-10H2,1-3H3,(H,16,18). The number of nitrogens with one attached hydrogen (secondary N) is 1. The topological polar surface area (TPSA) is 92.8 Å². The lowest BCUT2D eigenvalue weighted by Gasteiger charge is -2.17. The summed E-state index contributed by atoms with van der Waals surface area (Å²) in [6.45, 7) is 3.98. The number of hydrogen-bond acceptors (Lipinski definition) is 5. The minimum atomic E-state index is -3.68. The van der Waals surface area contributed by atoms with Crippen molar-refractivity contribution >= 4 is 27.5 Å². The van der Waals surface area contributed by atoms with E-state index in [0.29, 0.717) is 18.7 Å². The second-order valence-corrected chi connectivity index (χ2v) is 7.82. The molecule has 7 nitrogen and oxygen atoms in total. The van der Waals surface area contributed by atoms with Crippen molar-refractivity contribution in [2.75, 3.05) is 30.3 Å². The first-order valence-electron chi connectivity index (χ1n) is 7.14. The number of carbonyl (C=O) groups excluding carboxylic acids is 2. The summed E-state index contributed by atoms with van der Waals surface area (Å²) in [6.07, 6.45) is 0. The molecule has 0 bridgehead atoms. The zero-order chi connectivity index (χ0) is 17.3. The molecule has 126 valence electrons. The van der Waals surface area contributed by atoms with Crippen LogP contribution in [0.15, 0.2) is 24.3 Å². The highest BCUT2D eigenvalue weighted by Crippen LogP contribution is 2.35. The maximum atomic E-state index is 12.3. The lowest BCUT2D eigenvalue weighted by Crippen LogP contribution is -2.33. The quantitative estimate of drug-likeness (QED) is 0.799. The number of ether oxygens (including phenoxy) is 1. The Morgan fingerprint density at radius 3 is 2.39 bits per heavy atom. The van der Waals surface area contributed by atoms with E-state index in [9.17, 15) is 18.0 Å². The molecule has 1 aromatic rings. The maximum absolute atomic E-state index is 12.3. The summed E-state index contributed by atoms with van der Waals surface area (Å²) < 4.78 is 30.0. The Balaban J connectivity index is 2.20. The van der Waals surface area contributed by atoms with E-state index in [1.165, 1.54) is 31.4 Å². The average Bonchev–Trinajstić information content (AvgIpc) is 2.63. The molecular formula is C15H20N2O5S. The molecule has 1 aliphatic heterocycles. The Kier molecular flexibility index (Phi) is 4.76. The van der Waals surface area contributed by atoms with Crippen LogP contribution in [-0.4, -0.2) is 46.2 Å². The summed E-state index contributed by atoms with van der Waals surface area (Å²) in [5, 5.41) is 2.66. The highest BCUT2D eigenvalue weighted by molar-refractivity contribution is 7.94. The SMILES string of the molecule is COCCNC(=O)c1ccc(N2C(=O)C(C)(C)CS2(=O)=O)cc1. The van der Waals surface area contributed by atoms with E-state index in [1.54, 1.807) is 13.8 Å². The molecule has 1 fully saturated rings. The van der Waals surface area contributed by atoms with Crippen LogP contribution in [0.2, 0.25) is 0 Å². The first-order chi connectivity index (χ1) is 10.7. The third-order valence-corrected chi connectivity index (χ3v) is 5.56. The molecule has 2 rings (SSSR count). The summed E-state index contributed by atoms with van der Waals surface area (Å²) in [7, 11) is -2.14. The Labute approximate surface area is 135 Å². The highest BCUT2D eigenvalue weighted by Gasteiger charge is 2.49. The van der Waals surface area contributed by atoms with Crippen molar-refractivity contribution in [3.05, 3.63) is 29.8 Å². The Hall–Kier alpha value is -1.93. The summed E-state index contributed by atoms with van der Waals surface area (Å²) in [6, 6.07) is 5.90. The Morgan fingerprint density at radius 2 is 1.91 bits per heavy atom. The number of hydrogen-bond donors (Lipinski definition) is 1. The number of anilines is 1. The molecule has 0 unspecified atom stereocenters. The average molecular weight is 340 g/mol.